The van der Waals surface area contributed by atoms with Gasteiger partial charge in [0.15, 0.2) is 0 Å². The van der Waals surface area contributed by atoms with Crippen molar-refractivity contribution in [1.29, 1.82) is 0 Å². The fraction of sp³-hybridized carbons (Fsp3) is 0.391. The Bertz CT molecular complexity index is 899. The zero-order valence-corrected chi connectivity index (χ0v) is 19.5. The molecule has 3 rings (SSSR count). The molecule has 1 saturated heterocycles. The van der Waals surface area contributed by atoms with Crippen molar-refractivity contribution in [2.24, 2.45) is 0 Å². The third kappa shape index (κ3) is 5.98. The van der Waals surface area contributed by atoms with E-state index < -0.39 is 5.60 Å². The summed E-state index contributed by atoms with van der Waals surface area (Å²) < 4.78 is 11.7. The maximum Gasteiger partial charge on any atom is 0.410 e. The van der Waals surface area contributed by atoms with E-state index in [4.69, 9.17) is 9.47 Å². The number of benzene rings is 1. The average Bonchev–Trinajstić information content (AvgIpc) is 2.71. The molecule has 0 unspecified atom stereocenters. The standard InChI is InChI=1S/C23H28BrN3O3/c1-23(2,3)30-22(28)27-13-11-26(12-14-27)20-9-6-17(7-10-20)5-8-18-15-19(24)16-25-21(18)29-4/h5-10,15-16H,11-14H2,1-4H3. The second kappa shape index (κ2) is 9.51. The molecule has 160 valence electrons. The lowest BCUT2D eigenvalue weighted by molar-refractivity contribution is 0.0240. The molecule has 2 heterocycles. The first-order chi connectivity index (χ1) is 14.2. The fourth-order valence-electron chi connectivity index (χ4n) is 3.19. The van der Waals surface area contributed by atoms with Crippen LogP contribution in [0.3, 0.4) is 0 Å². The summed E-state index contributed by atoms with van der Waals surface area (Å²) in [5, 5.41) is 0. The lowest BCUT2D eigenvalue weighted by Gasteiger charge is -2.36. The molecule has 0 N–H and O–H groups in total. The number of hydrogen-bond acceptors (Lipinski definition) is 5. The van der Waals surface area contributed by atoms with Crippen molar-refractivity contribution in [3.8, 4) is 5.88 Å². The molecule has 0 bridgehead atoms. The molecule has 1 fully saturated rings. The maximum atomic E-state index is 12.2. The molecule has 1 aromatic carbocycles. The van der Waals surface area contributed by atoms with Gasteiger partial charge in [-0.1, -0.05) is 18.2 Å². The van der Waals surface area contributed by atoms with Gasteiger partial charge in [0, 0.05) is 48.1 Å². The Morgan fingerprint density at radius 3 is 2.37 bits per heavy atom. The molecule has 1 aromatic heterocycles. The molecule has 0 atom stereocenters. The molecular formula is C23H28BrN3O3. The molecule has 0 saturated carbocycles. The number of hydrogen-bond donors (Lipinski definition) is 0. The van der Waals surface area contributed by atoms with Gasteiger partial charge in [-0.2, -0.15) is 0 Å². The van der Waals surface area contributed by atoms with E-state index in [1.165, 1.54) is 0 Å². The van der Waals surface area contributed by atoms with Crippen molar-refractivity contribution in [3.05, 3.63) is 52.1 Å². The van der Waals surface area contributed by atoms with Gasteiger partial charge >= 0.3 is 6.09 Å². The van der Waals surface area contributed by atoms with Crippen LogP contribution in [-0.2, 0) is 4.74 Å². The van der Waals surface area contributed by atoms with Crippen molar-refractivity contribution in [3.63, 3.8) is 0 Å². The monoisotopic (exact) mass is 473 g/mol. The lowest BCUT2D eigenvalue weighted by Crippen LogP contribution is -2.50. The van der Waals surface area contributed by atoms with E-state index in [1.54, 1.807) is 18.2 Å². The molecular weight excluding hydrogens is 446 g/mol. The van der Waals surface area contributed by atoms with E-state index in [-0.39, 0.29) is 6.09 Å². The predicted molar refractivity (Wildman–Crippen MR) is 124 cm³/mol. The lowest BCUT2D eigenvalue weighted by atomic mass is 10.1. The Morgan fingerprint density at radius 2 is 1.77 bits per heavy atom. The van der Waals surface area contributed by atoms with Crippen molar-refractivity contribution in [2.75, 3.05) is 38.2 Å². The number of aromatic nitrogens is 1. The summed E-state index contributed by atoms with van der Waals surface area (Å²) in [7, 11) is 1.62. The van der Waals surface area contributed by atoms with Crippen LogP contribution in [-0.4, -0.2) is 54.9 Å². The third-order valence-electron chi connectivity index (χ3n) is 4.68. The minimum Gasteiger partial charge on any atom is -0.481 e. The van der Waals surface area contributed by atoms with Crippen LogP contribution in [0.15, 0.2) is 41.0 Å². The minimum absolute atomic E-state index is 0.236. The second-order valence-electron chi connectivity index (χ2n) is 8.13. The maximum absolute atomic E-state index is 12.2. The minimum atomic E-state index is -0.465. The van der Waals surface area contributed by atoms with E-state index in [0.717, 1.165) is 34.4 Å². The number of halogens is 1. The van der Waals surface area contributed by atoms with Crippen molar-refractivity contribution in [2.45, 2.75) is 26.4 Å². The highest BCUT2D eigenvalue weighted by Gasteiger charge is 2.25. The molecule has 1 amide bonds. The Morgan fingerprint density at radius 1 is 1.10 bits per heavy atom. The van der Waals surface area contributed by atoms with Crippen molar-refractivity contribution < 1.29 is 14.3 Å². The number of carbonyl (C=O) groups excluding carboxylic acids is 1. The average molecular weight is 474 g/mol. The molecule has 0 radical (unpaired) electrons. The molecule has 0 spiro atoms. The molecule has 1 aliphatic rings. The Hall–Kier alpha value is -2.54. The first-order valence-electron chi connectivity index (χ1n) is 9.96. The predicted octanol–water partition coefficient (Wildman–Crippen LogP) is 5.08. The molecule has 0 aliphatic carbocycles. The van der Waals surface area contributed by atoms with Crippen molar-refractivity contribution >= 4 is 39.9 Å². The molecule has 30 heavy (non-hydrogen) atoms. The normalized spacial score (nSPS) is 14.8. The summed E-state index contributed by atoms with van der Waals surface area (Å²) in [5.41, 5.74) is 2.69. The Balaban J connectivity index is 1.59. The van der Waals surface area contributed by atoms with Crippen LogP contribution < -0.4 is 9.64 Å². The van der Waals surface area contributed by atoms with Gasteiger partial charge in [0.2, 0.25) is 5.88 Å². The van der Waals surface area contributed by atoms with Crippen molar-refractivity contribution in [1.82, 2.24) is 9.88 Å². The van der Waals surface area contributed by atoms with Gasteiger partial charge in [0.25, 0.3) is 0 Å². The zero-order valence-electron chi connectivity index (χ0n) is 17.9. The second-order valence-corrected chi connectivity index (χ2v) is 9.05. The quantitative estimate of drug-likeness (QED) is 0.619. The summed E-state index contributed by atoms with van der Waals surface area (Å²) in [5.74, 6) is 0.592. The van der Waals surface area contributed by atoms with Gasteiger partial charge in [-0.3, -0.25) is 0 Å². The largest absolute Gasteiger partial charge is 0.481 e. The highest BCUT2D eigenvalue weighted by atomic mass is 79.9. The number of pyridine rings is 1. The molecule has 1 aliphatic heterocycles. The van der Waals surface area contributed by atoms with Crippen LogP contribution in [0.2, 0.25) is 0 Å². The van der Waals surface area contributed by atoms with E-state index >= 15 is 0 Å². The number of amides is 1. The highest BCUT2D eigenvalue weighted by Crippen LogP contribution is 2.23. The van der Waals surface area contributed by atoms with Gasteiger partial charge in [0.1, 0.15) is 5.60 Å². The summed E-state index contributed by atoms with van der Waals surface area (Å²) in [6, 6.07) is 10.4. The first-order valence-corrected chi connectivity index (χ1v) is 10.7. The SMILES string of the molecule is COc1ncc(Br)cc1C=Cc1ccc(N2CCN(C(=O)OC(C)(C)C)CC2)cc1. The third-order valence-corrected chi connectivity index (χ3v) is 5.12. The summed E-state index contributed by atoms with van der Waals surface area (Å²) in [4.78, 5) is 20.5. The van der Waals surface area contributed by atoms with Crippen LogP contribution in [0.25, 0.3) is 12.2 Å². The van der Waals surface area contributed by atoms with Gasteiger partial charge < -0.3 is 19.3 Å². The van der Waals surface area contributed by atoms with Crippen LogP contribution in [0.4, 0.5) is 10.5 Å². The number of ether oxygens (including phenoxy) is 2. The van der Waals surface area contributed by atoms with Crippen LogP contribution in [0.1, 0.15) is 31.9 Å². The van der Waals surface area contributed by atoms with E-state index in [2.05, 4.69) is 50.1 Å². The first kappa shape index (κ1) is 22.2. The number of nitrogens with zero attached hydrogens (tertiary/aromatic N) is 3. The van der Waals surface area contributed by atoms with Gasteiger partial charge in [-0.25, -0.2) is 9.78 Å². The van der Waals surface area contributed by atoms with Crippen LogP contribution in [0.5, 0.6) is 5.88 Å². The fourth-order valence-corrected chi connectivity index (χ4v) is 3.54. The van der Waals surface area contributed by atoms with Crippen LogP contribution in [0, 0.1) is 0 Å². The molecule has 2 aromatic rings. The summed E-state index contributed by atoms with van der Waals surface area (Å²) >= 11 is 3.44. The molecule has 7 heteroatoms. The molecule has 6 nitrogen and oxygen atoms in total. The van der Waals surface area contributed by atoms with E-state index in [1.807, 2.05) is 39.0 Å². The topological polar surface area (TPSA) is 54.9 Å². The number of carbonyl (C=O) groups is 1. The smallest absolute Gasteiger partial charge is 0.410 e. The highest BCUT2D eigenvalue weighted by molar-refractivity contribution is 9.10. The number of rotatable bonds is 4. The number of piperazine rings is 1. The Labute approximate surface area is 186 Å². The zero-order chi connectivity index (χ0) is 21.7. The number of anilines is 1. The number of methoxy groups -OCH3 is 1. The van der Waals surface area contributed by atoms with Gasteiger partial charge in [-0.15, -0.1) is 0 Å². The van der Waals surface area contributed by atoms with Crippen LogP contribution >= 0.6 is 15.9 Å². The Kier molecular flexibility index (Phi) is 7.02. The van der Waals surface area contributed by atoms with E-state index in [0.29, 0.717) is 19.0 Å². The van der Waals surface area contributed by atoms with Gasteiger partial charge in [0.05, 0.1) is 7.11 Å². The summed E-state index contributed by atoms with van der Waals surface area (Å²) in [6.07, 6.45) is 5.51. The van der Waals surface area contributed by atoms with E-state index in [9.17, 15) is 4.79 Å². The van der Waals surface area contributed by atoms with Gasteiger partial charge in [-0.05, 0) is 66.5 Å². The summed E-state index contributed by atoms with van der Waals surface area (Å²) in [6.45, 7) is 8.56.